The van der Waals surface area contributed by atoms with Crippen molar-refractivity contribution >= 4 is 29.0 Å². The number of benzene rings is 1. The predicted molar refractivity (Wildman–Crippen MR) is 72.6 cm³/mol. The van der Waals surface area contributed by atoms with Crippen LogP contribution >= 0.6 is 23.2 Å². The first kappa shape index (κ1) is 13.8. The van der Waals surface area contributed by atoms with E-state index in [-0.39, 0.29) is 5.78 Å². The lowest BCUT2D eigenvalue weighted by Gasteiger charge is -2.22. The van der Waals surface area contributed by atoms with Gasteiger partial charge in [-0.05, 0) is 31.7 Å². The van der Waals surface area contributed by atoms with Gasteiger partial charge in [-0.2, -0.15) is 0 Å². The second-order valence-electron chi connectivity index (χ2n) is 4.48. The van der Waals surface area contributed by atoms with Crippen molar-refractivity contribution in [3.63, 3.8) is 0 Å². The van der Waals surface area contributed by atoms with Gasteiger partial charge in [0.1, 0.15) is 0 Å². The van der Waals surface area contributed by atoms with E-state index in [2.05, 4.69) is 0 Å². The van der Waals surface area contributed by atoms with Gasteiger partial charge in [0, 0.05) is 23.2 Å². The summed E-state index contributed by atoms with van der Waals surface area (Å²) in [5, 5.41) is 0.968. The van der Waals surface area contributed by atoms with Gasteiger partial charge in [-0.1, -0.05) is 23.2 Å². The number of nitrogens with zero attached hydrogens (tertiary/aromatic N) is 1. The molecule has 0 saturated carbocycles. The Kier molecular flexibility index (Phi) is 4.62. The van der Waals surface area contributed by atoms with Gasteiger partial charge in [-0.25, -0.2) is 0 Å². The van der Waals surface area contributed by atoms with Crippen LogP contribution in [0.15, 0.2) is 18.2 Å². The van der Waals surface area contributed by atoms with Crippen molar-refractivity contribution in [3.05, 3.63) is 33.8 Å². The molecule has 2 rings (SSSR count). The molecule has 0 spiro atoms. The molecule has 18 heavy (non-hydrogen) atoms. The van der Waals surface area contributed by atoms with E-state index in [9.17, 15) is 4.79 Å². The molecule has 98 valence electrons. The van der Waals surface area contributed by atoms with E-state index >= 15 is 0 Å². The number of ether oxygens (including phenoxy) is 1. The largest absolute Gasteiger partial charge is 0.380 e. The van der Waals surface area contributed by atoms with Gasteiger partial charge in [-0.3, -0.25) is 9.69 Å². The van der Waals surface area contributed by atoms with Crippen LogP contribution in [0.4, 0.5) is 0 Å². The van der Waals surface area contributed by atoms with E-state index in [0.29, 0.717) is 34.8 Å². The number of Topliss-reactive ketones (excluding diaryl/α,β-unsaturated/α-hetero) is 1. The number of likely N-dealkylation sites (N-methyl/N-ethyl adjacent to an activating group) is 1. The first-order valence-electron chi connectivity index (χ1n) is 5.84. The molecule has 0 aromatic heterocycles. The lowest BCUT2D eigenvalue weighted by molar-refractivity contribution is 0.0907. The Balaban J connectivity index is 2.04. The summed E-state index contributed by atoms with van der Waals surface area (Å²) < 4.78 is 5.31. The SMILES string of the molecule is CN(CC(=O)c1cc(Cl)ccc1Cl)C1CCOC1. The quantitative estimate of drug-likeness (QED) is 0.798. The number of halogens is 2. The van der Waals surface area contributed by atoms with Gasteiger partial charge in [0.25, 0.3) is 0 Å². The van der Waals surface area contributed by atoms with Crippen molar-refractivity contribution in [3.8, 4) is 0 Å². The van der Waals surface area contributed by atoms with Crippen molar-refractivity contribution in [1.29, 1.82) is 0 Å². The van der Waals surface area contributed by atoms with E-state index in [4.69, 9.17) is 27.9 Å². The molecule has 1 aromatic carbocycles. The van der Waals surface area contributed by atoms with Crippen molar-refractivity contribution in [2.75, 3.05) is 26.8 Å². The molecule has 5 heteroatoms. The summed E-state index contributed by atoms with van der Waals surface area (Å²) in [5.74, 6) is -0.0168. The van der Waals surface area contributed by atoms with Gasteiger partial charge >= 0.3 is 0 Å². The Morgan fingerprint density at radius 3 is 2.94 bits per heavy atom. The number of ketones is 1. The van der Waals surface area contributed by atoms with Crippen molar-refractivity contribution in [1.82, 2.24) is 4.90 Å². The topological polar surface area (TPSA) is 29.5 Å². The highest BCUT2D eigenvalue weighted by Crippen LogP contribution is 2.22. The first-order valence-corrected chi connectivity index (χ1v) is 6.60. The molecule has 0 amide bonds. The van der Waals surface area contributed by atoms with Crippen LogP contribution in [-0.4, -0.2) is 43.5 Å². The van der Waals surface area contributed by atoms with Crippen LogP contribution < -0.4 is 0 Å². The van der Waals surface area contributed by atoms with E-state index in [1.165, 1.54) is 0 Å². The third kappa shape index (κ3) is 3.23. The fourth-order valence-electron chi connectivity index (χ4n) is 2.02. The molecule has 1 unspecified atom stereocenters. The predicted octanol–water partition coefficient (Wildman–Crippen LogP) is 2.90. The molecule has 1 aliphatic rings. The minimum Gasteiger partial charge on any atom is -0.380 e. The van der Waals surface area contributed by atoms with Gasteiger partial charge in [0.05, 0.1) is 18.2 Å². The molecule has 1 fully saturated rings. The van der Waals surface area contributed by atoms with Gasteiger partial charge < -0.3 is 4.74 Å². The molecule has 0 radical (unpaired) electrons. The maximum atomic E-state index is 12.2. The zero-order chi connectivity index (χ0) is 13.1. The van der Waals surface area contributed by atoms with Gasteiger partial charge in [-0.15, -0.1) is 0 Å². The molecular weight excluding hydrogens is 273 g/mol. The lowest BCUT2D eigenvalue weighted by Crippen LogP contribution is -2.36. The fraction of sp³-hybridized carbons (Fsp3) is 0.462. The fourth-order valence-corrected chi connectivity index (χ4v) is 2.42. The van der Waals surface area contributed by atoms with Crippen LogP contribution in [0.2, 0.25) is 10.0 Å². The molecule has 3 nitrogen and oxygen atoms in total. The third-order valence-electron chi connectivity index (χ3n) is 3.15. The van der Waals surface area contributed by atoms with E-state index in [1.807, 2.05) is 11.9 Å². The highest BCUT2D eigenvalue weighted by Gasteiger charge is 2.23. The Labute approximate surface area is 117 Å². The molecular formula is C13H15Cl2NO2. The summed E-state index contributed by atoms with van der Waals surface area (Å²) in [6.07, 6.45) is 0.965. The molecule has 1 saturated heterocycles. The number of carbonyl (C=O) groups excluding carboxylic acids is 1. The number of hydrogen-bond donors (Lipinski definition) is 0. The minimum absolute atomic E-state index is 0.0168. The maximum absolute atomic E-state index is 12.2. The normalized spacial score (nSPS) is 19.4. The van der Waals surface area contributed by atoms with Gasteiger partial charge in [0.2, 0.25) is 0 Å². The average molecular weight is 288 g/mol. The maximum Gasteiger partial charge on any atom is 0.178 e. The summed E-state index contributed by atoms with van der Waals surface area (Å²) in [6, 6.07) is 5.25. The van der Waals surface area contributed by atoms with E-state index < -0.39 is 0 Å². The third-order valence-corrected chi connectivity index (χ3v) is 3.72. The summed E-state index contributed by atoms with van der Waals surface area (Å²) in [6.45, 7) is 1.78. The van der Waals surface area contributed by atoms with Crippen LogP contribution in [-0.2, 0) is 4.74 Å². The average Bonchev–Trinajstić information content (AvgIpc) is 2.85. The van der Waals surface area contributed by atoms with Gasteiger partial charge in [0.15, 0.2) is 5.78 Å². The summed E-state index contributed by atoms with van der Waals surface area (Å²) in [4.78, 5) is 14.2. The summed E-state index contributed by atoms with van der Waals surface area (Å²) in [5.41, 5.74) is 0.481. The van der Waals surface area contributed by atoms with Crippen molar-refractivity contribution < 1.29 is 9.53 Å². The van der Waals surface area contributed by atoms with Crippen LogP contribution in [0, 0.1) is 0 Å². The Bertz CT molecular complexity index is 445. The summed E-state index contributed by atoms with van der Waals surface area (Å²) in [7, 11) is 1.93. The van der Waals surface area contributed by atoms with Crippen LogP contribution in [0.25, 0.3) is 0 Å². The Hall–Kier alpha value is -0.610. The van der Waals surface area contributed by atoms with E-state index in [1.54, 1.807) is 18.2 Å². The molecule has 1 aromatic rings. The molecule has 1 aliphatic heterocycles. The van der Waals surface area contributed by atoms with Crippen LogP contribution in [0.3, 0.4) is 0 Å². The van der Waals surface area contributed by atoms with E-state index in [0.717, 1.165) is 13.0 Å². The monoisotopic (exact) mass is 287 g/mol. The van der Waals surface area contributed by atoms with Crippen molar-refractivity contribution in [2.24, 2.45) is 0 Å². The second-order valence-corrected chi connectivity index (χ2v) is 5.32. The first-order chi connectivity index (χ1) is 8.58. The Morgan fingerprint density at radius 1 is 1.50 bits per heavy atom. The molecule has 0 bridgehead atoms. The smallest absolute Gasteiger partial charge is 0.178 e. The molecule has 1 heterocycles. The highest BCUT2D eigenvalue weighted by molar-refractivity contribution is 6.36. The molecule has 0 N–H and O–H groups in total. The highest BCUT2D eigenvalue weighted by atomic mass is 35.5. The molecule has 1 atom stereocenters. The number of carbonyl (C=O) groups is 1. The molecule has 0 aliphatic carbocycles. The number of hydrogen-bond acceptors (Lipinski definition) is 3. The summed E-state index contributed by atoms with van der Waals surface area (Å²) >= 11 is 11.9. The number of rotatable bonds is 4. The second kappa shape index (κ2) is 6.02. The van der Waals surface area contributed by atoms with Crippen LogP contribution in [0.1, 0.15) is 16.8 Å². The van der Waals surface area contributed by atoms with Crippen LogP contribution in [0.5, 0.6) is 0 Å². The standard InChI is InChI=1S/C13H15Cl2NO2/c1-16(10-4-5-18-8-10)7-13(17)11-6-9(14)2-3-12(11)15/h2-3,6,10H,4-5,7-8H2,1H3. The minimum atomic E-state index is -0.0168. The zero-order valence-electron chi connectivity index (χ0n) is 10.2. The lowest BCUT2D eigenvalue weighted by atomic mass is 10.1. The Morgan fingerprint density at radius 2 is 2.28 bits per heavy atom. The zero-order valence-corrected chi connectivity index (χ0v) is 11.7. The van der Waals surface area contributed by atoms with Crippen molar-refractivity contribution in [2.45, 2.75) is 12.5 Å².